The fourth-order valence-corrected chi connectivity index (χ4v) is 1.09. The summed E-state index contributed by atoms with van der Waals surface area (Å²) in [5, 5.41) is 17.6. The summed E-state index contributed by atoms with van der Waals surface area (Å²) in [4.78, 5) is 3.63. The predicted molar refractivity (Wildman–Crippen MR) is 46.7 cm³/mol. The summed E-state index contributed by atoms with van der Waals surface area (Å²) < 4.78 is 29.6. The smallest absolute Gasteiger partial charge is 0.265 e. The molecule has 0 bridgehead atoms. The van der Waals surface area contributed by atoms with Crippen molar-refractivity contribution >= 4 is 0 Å². The Balaban J connectivity index is 3.26. The molecule has 1 heterocycles. The van der Waals surface area contributed by atoms with Gasteiger partial charge in [-0.1, -0.05) is 0 Å². The van der Waals surface area contributed by atoms with Gasteiger partial charge in [-0.25, -0.2) is 13.8 Å². The lowest BCUT2D eigenvalue weighted by atomic mass is 10.1. The van der Waals surface area contributed by atoms with Crippen molar-refractivity contribution in [2.75, 3.05) is 7.11 Å². The Hall–Kier alpha value is -1.90. The van der Waals surface area contributed by atoms with Crippen LogP contribution in [0.5, 0.6) is 11.6 Å². The molecule has 0 radical (unpaired) electrons. The van der Waals surface area contributed by atoms with Gasteiger partial charge in [-0.15, -0.1) is 0 Å². The number of hydrogen-bond donors (Lipinski definition) is 1. The number of nitriles is 1. The van der Waals surface area contributed by atoms with Gasteiger partial charge in [0.2, 0.25) is 0 Å². The zero-order valence-electron chi connectivity index (χ0n) is 7.87. The van der Waals surface area contributed by atoms with Crippen LogP contribution in [-0.4, -0.2) is 17.2 Å². The van der Waals surface area contributed by atoms with Crippen molar-refractivity contribution in [1.82, 2.24) is 4.98 Å². The fraction of sp³-hybridized carbons (Fsp3) is 0.333. The SMILES string of the molecule is COc1nc(CC#N)c(C(F)F)cc1O. The maximum Gasteiger partial charge on any atom is 0.265 e. The molecule has 4 nitrogen and oxygen atoms in total. The summed E-state index contributed by atoms with van der Waals surface area (Å²) in [5.74, 6) is -0.626. The summed E-state index contributed by atoms with van der Waals surface area (Å²) in [6.45, 7) is 0. The first-order chi connectivity index (χ1) is 7.10. The highest BCUT2D eigenvalue weighted by atomic mass is 19.3. The fourth-order valence-electron chi connectivity index (χ4n) is 1.09. The van der Waals surface area contributed by atoms with Gasteiger partial charge in [0.05, 0.1) is 25.3 Å². The number of aromatic nitrogens is 1. The molecule has 1 aromatic heterocycles. The molecule has 1 rings (SSSR count). The van der Waals surface area contributed by atoms with Crippen molar-refractivity contribution in [2.45, 2.75) is 12.8 Å². The molecule has 0 aromatic carbocycles. The molecule has 1 N–H and O–H groups in total. The second-order valence-corrected chi connectivity index (χ2v) is 2.69. The molecule has 0 unspecified atom stereocenters. The Morgan fingerprint density at radius 3 is 2.80 bits per heavy atom. The van der Waals surface area contributed by atoms with E-state index in [1.807, 2.05) is 0 Å². The summed E-state index contributed by atoms with van der Waals surface area (Å²) >= 11 is 0. The molecule has 0 amide bonds. The Morgan fingerprint density at radius 2 is 2.33 bits per heavy atom. The normalized spacial score (nSPS) is 10.1. The van der Waals surface area contributed by atoms with Gasteiger partial charge in [-0.2, -0.15) is 5.26 Å². The minimum atomic E-state index is -2.78. The highest BCUT2D eigenvalue weighted by molar-refractivity contribution is 5.40. The van der Waals surface area contributed by atoms with E-state index in [-0.39, 0.29) is 18.0 Å². The molecule has 0 aliphatic carbocycles. The second-order valence-electron chi connectivity index (χ2n) is 2.69. The van der Waals surface area contributed by atoms with Gasteiger partial charge in [0.1, 0.15) is 0 Å². The molecule has 80 valence electrons. The Morgan fingerprint density at radius 1 is 1.67 bits per heavy atom. The van der Waals surface area contributed by atoms with E-state index in [4.69, 9.17) is 5.26 Å². The van der Waals surface area contributed by atoms with E-state index in [2.05, 4.69) is 9.72 Å². The van der Waals surface area contributed by atoms with Gasteiger partial charge in [-0.3, -0.25) is 0 Å². The van der Waals surface area contributed by atoms with Crippen LogP contribution in [0.25, 0.3) is 0 Å². The number of methoxy groups -OCH3 is 1. The van der Waals surface area contributed by atoms with Crippen LogP contribution in [0, 0.1) is 11.3 Å². The molecule has 1 aromatic rings. The van der Waals surface area contributed by atoms with E-state index in [1.54, 1.807) is 6.07 Å². The zero-order valence-corrected chi connectivity index (χ0v) is 7.87. The molecular formula is C9H8F2N2O2. The lowest BCUT2D eigenvalue weighted by Gasteiger charge is -2.08. The average Bonchev–Trinajstić information content (AvgIpc) is 2.20. The third-order valence-corrected chi connectivity index (χ3v) is 1.76. The van der Waals surface area contributed by atoms with Crippen molar-refractivity contribution in [3.05, 3.63) is 17.3 Å². The van der Waals surface area contributed by atoms with Gasteiger partial charge >= 0.3 is 0 Å². The zero-order chi connectivity index (χ0) is 11.4. The van der Waals surface area contributed by atoms with Crippen LogP contribution in [0.15, 0.2) is 6.07 Å². The molecule has 0 saturated heterocycles. The number of halogens is 2. The van der Waals surface area contributed by atoms with Crippen molar-refractivity contribution in [1.29, 1.82) is 5.26 Å². The highest BCUT2D eigenvalue weighted by Gasteiger charge is 2.18. The largest absolute Gasteiger partial charge is 0.503 e. The predicted octanol–water partition coefficient (Wildman–Crippen LogP) is 1.80. The summed E-state index contributed by atoms with van der Waals surface area (Å²) in [6.07, 6.45) is -3.03. The minimum Gasteiger partial charge on any atom is -0.503 e. The monoisotopic (exact) mass is 214 g/mol. The standard InChI is InChI=1S/C9H8F2N2O2/c1-15-9-7(14)4-5(8(10)11)6(13-9)2-3-12/h4,8,14H,2H2,1H3. The van der Waals surface area contributed by atoms with E-state index in [1.165, 1.54) is 7.11 Å². The first-order valence-corrected chi connectivity index (χ1v) is 4.02. The van der Waals surface area contributed by atoms with Crippen molar-refractivity contribution in [3.8, 4) is 17.7 Å². The summed E-state index contributed by atoms with van der Waals surface area (Å²) in [7, 11) is 1.25. The van der Waals surface area contributed by atoms with Crippen LogP contribution in [0.3, 0.4) is 0 Å². The maximum atomic E-state index is 12.5. The van der Waals surface area contributed by atoms with Gasteiger partial charge in [0, 0.05) is 5.56 Å². The first-order valence-electron chi connectivity index (χ1n) is 4.02. The molecular weight excluding hydrogens is 206 g/mol. The third-order valence-electron chi connectivity index (χ3n) is 1.76. The molecule has 0 aliphatic rings. The number of hydrogen-bond acceptors (Lipinski definition) is 4. The van der Waals surface area contributed by atoms with Gasteiger partial charge in [0.25, 0.3) is 12.3 Å². The summed E-state index contributed by atoms with van der Waals surface area (Å²) in [6, 6.07) is 2.58. The molecule has 0 spiro atoms. The lowest BCUT2D eigenvalue weighted by molar-refractivity contribution is 0.149. The topological polar surface area (TPSA) is 66.1 Å². The van der Waals surface area contributed by atoms with Gasteiger partial charge < -0.3 is 9.84 Å². The summed E-state index contributed by atoms with van der Waals surface area (Å²) in [5.41, 5.74) is -0.531. The first kappa shape index (κ1) is 11.2. The molecule has 0 fully saturated rings. The minimum absolute atomic E-state index is 0.0813. The molecule has 6 heteroatoms. The van der Waals surface area contributed by atoms with E-state index < -0.39 is 17.7 Å². The van der Waals surface area contributed by atoms with Crippen LogP contribution in [-0.2, 0) is 6.42 Å². The number of aromatic hydroxyl groups is 1. The van der Waals surface area contributed by atoms with Crippen LogP contribution < -0.4 is 4.74 Å². The van der Waals surface area contributed by atoms with E-state index in [0.29, 0.717) is 0 Å². The third kappa shape index (κ3) is 2.31. The number of alkyl halides is 2. The number of rotatable bonds is 3. The Bertz CT molecular complexity index is 402. The van der Waals surface area contributed by atoms with Crippen LogP contribution in [0.2, 0.25) is 0 Å². The van der Waals surface area contributed by atoms with Crippen molar-refractivity contribution in [3.63, 3.8) is 0 Å². The molecule has 0 aliphatic heterocycles. The molecule has 15 heavy (non-hydrogen) atoms. The van der Waals surface area contributed by atoms with E-state index in [9.17, 15) is 13.9 Å². The van der Waals surface area contributed by atoms with Crippen LogP contribution >= 0.6 is 0 Å². The second kappa shape index (κ2) is 4.55. The highest BCUT2D eigenvalue weighted by Crippen LogP contribution is 2.31. The maximum absolute atomic E-state index is 12.5. The number of nitrogens with zero attached hydrogens (tertiary/aromatic N) is 2. The Labute approximate surface area is 84.7 Å². The van der Waals surface area contributed by atoms with Crippen LogP contribution in [0.4, 0.5) is 8.78 Å². The van der Waals surface area contributed by atoms with Gasteiger partial charge in [-0.05, 0) is 6.07 Å². The van der Waals surface area contributed by atoms with E-state index in [0.717, 1.165) is 6.07 Å². The van der Waals surface area contributed by atoms with Gasteiger partial charge in [0.15, 0.2) is 5.75 Å². The number of pyridine rings is 1. The van der Waals surface area contributed by atoms with Crippen LogP contribution in [0.1, 0.15) is 17.7 Å². The van der Waals surface area contributed by atoms with Crippen molar-refractivity contribution < 1.29 is 18.6 Å². The molecule has 0 atom stereocenters. The van der Waals surface area contributed by atoms with Crippen molar-refractivity contribution in [2.24, 2.45) is 0 Å². The Kier molecular flexibility index (Phi) is 3.39. The lowest BCUT2D eigenvalue weighted by Crippen LogP contribution is -2.00. The average molecular weight is 214 g/mol. The number of ether oxygens (including phenoxy) is 1. The van der Waals surface area contributed by atoms with E-state index >= 15 is 0 Å². The molecule has 0 saturated carbocycles. The quantitative estimate of drug-likeness (QED) is 0.833.